The highest BCUT2D eigenvalue weighted by Crippen LogP contribution is 2.21. The van der Waals surface area contributed by atoms with Gasteiger partial charge in [0.05, 0.1) is 12.7 Å². The van der Waals surface area contributed by atoms with Crippen LogP contribution in [0.25, 0.3) is 12.2 Å². The molecule has 2 aromatic carbocycles. The number of rotatable bonds is 3. The molecule has 0 spiro atoms. The monoisotopic (exact) mass is 270 g/mol. The normalized spacial score (nSPS) is 10.6. The topological polar surface area (TPSA) is 26.3 Å². The minimum absolute atomic E-state index is 0.377. The highest BCUT2D eigenvalue weighted by atomic mass is 32.1. The third kappa shape index (κ3) is 3.26. The molecule has 0 aromatic heterocycles. The van der Waals surface area contributed by atoms with E-state index in [0.717, 1.165) is 11.1 Å². The zero-order valence-electron chi connectivity index (χ0n) is 10.5. The van der Waals surface area contributed by atoms with Gasteiger partial charge in [0.1, 0.15) is 0 Å². The number of carbonyl (C=O) groups is 1. The lowest BCUT2D eigenvalue weighted by atomic mass is 10.1. The summed E-state index contributed by atoms with van der Waals surface area (Å²) >= 11 is 4.31. The van der Waals surface area contributed by atoms with Crippen molar-refractivity contribution in [3.63, 3.8) is 0 Å². The number of methoxy groups -OCH3 is 1. The van der Waals surface area contributed by atoms with E-state index in [-0.39, 0.29) is 5.97 Å². The summed E-state index contributed by atoms with van der Waals surface area (Å²) in [6.45, 7) is 0. The summed E-state index contributed by atoms with van der Waals surface area (Å²) in [5, 5.41) is 0. The molecule has 0 heterocycles. The van der Waals surface area contributed by atoms with Crippen LogP contribution in [0, 0.1) is 0 Å². The van der Waals surface area contributed by atoms with Crippen LogP contribution < -0.4 is 0 Å². The molecule has 0 amide bonds. The molecule has 0 saturated carbocycles. The van der Waals surface area contributed by atoms with Gasteiger partial charge in [0.2, 0.25) is 0 Å². The molecule has 19 heavy (non-hydrogen) atoms. The number of hydrogen-bond acceptors (Lipinski definition) is 3. The van der Waals surface area contributed by atoms with E-state index in [1.165, 1.54) is 7.11 Å². The second-order valence-electron chi connectivity index (χ2n) is 3.98. The molecule has 0 aliphatic rings. The Labute approximate surface area is 118 Å². The fourth-order valence-electron chi connectivity index (χ4n) is 1.77. The predicted molar refractivity (Wildman–Crippen MR) is 80.4 cm³/mol. The highest BCUT2D eigenvalue weighted by molar-refractivity contribution is 7.80. The summed E-state index contributed by atoms with van der Waals surface area (Å²) < 4.78 is 4.79. The van der Waals surface area contributed by atoms with Gasteiger partial charge < -0.3 is 4.74 Å². The molecular weight excluding hydrogens is 256 g/mol. The predicted octanol–water partition coefficient (Wildman–Crippen LogP) is 3.93. The first-order valence-electron chi connectivity index (χ1n) is 5.86. The van der Waals surface area contributed by atoms with Gasteiger partial charge in [0, 0.05) is 4.90 Å². The lowest BCUT2D eigenvalue weighted by molar-refractivity contribution is 0.0596. The number of ether oxygens (including phenoxy) is 1. The van der Waals surface area contributed by atoms with Crippen LogP contribution in [0.15, 0.2) is 53.4 Å². The SMILES string of the molecule is COC(=O)c1c(S)cccc1/C=C/c1ccccc1. The van der Waals surface area contributed by atoms with Crippen LogP contribution in [0.3, 0.4) is 0 Å². The molecule has 96 valence electrons. The van der Waals surface area contributed by atoms with Crippen LogP contribution in [-0.4, -0.2) is 13.1 Å². The second-order valence-corrected chi connectivity index (χ2v) is 4.46. The number of carbonyl (C=O) groups excluding carboxylic acids is 1. The summed E-state index contributed by atoms with van der Waals surface area (Å²) in [6, 6.07) is 15.4. The lowest BCUT2D eigenvalue weighted by Crippen LogP contribution is -2.04. The Bertz CT molecular complexity index is 603. The Morgan fingerprint density at radius 1 is 1.05 bits per heavy atom. The third-order valence-corrected chi connectivity index (χ3v) is 3.09. The first-order valence-corrected chi connectivity index (χ1v) is 6.30. The van der Waals surface area contributed by atoms with Crippen LogP contribution in [0.5, 0.6) is 0 Å². The summed E-state index contributed by atoms with van der Waals surface area (Å²) in [6.07, 6.45) is 3.84. The Morgan fingerprint density at radius 2 is 1.79 bits per heavy atom. The first-order chi connectivity index (χ1) is 9.22. The van der Waals surface area contributed by atoms with Crippen LogP contribution in [0.4, 0.5) is 0 Å². The zero-order chi connectivity index (χ0) is 13.7. The van der Waals surface area contributed by atoms with E-state index in [2.05, 4.69) is 12.6 Å². The van der Waals surface area contributed by atoms with Crippen molar-refractivity contribution in [1.29, 1.82) is 0 Å². The molecule has 0 aliphatic carbocycles. The minimum Gasteiger partial charge on any atom is -0.465 e. The van der Waals surface area contributed by atoms with Gasteiger partial charge in [0.25, 0.3) is 0 Å². The van der Waals surface area contributed by atoms with Crippen molar-refractivity contribution in [2.45, 2.75) is 4.90 Å². The molecule has 2 nitrogen and oxygen atoms in total. The van der Waals surface area contributed by atoms with Gasteiger partial charge in [-0.2, -0.15) is 0 Å². The molecule has 0 bridgehead atoms. The van der Waals surface area contributed by atoms with E-state index < -0.39 is 0 Å². The lowest BCUT2D eigenvalue weighted by Gasteiger charge is -2.06. The van der Waals surface area contributed by atoms with Crippen LogP contribution in [0.2, 0.25) is 0 Å². The van der Waals surface area contributed by atoms with Gasteiger partial charge in [-0.3, -0.25) is 0 Å². The van der Waals surface area contributed by atoms with E-state index in [1.54, 1.807) is 6.07 Å². The summed E-state index contributed by atoms with van der Waals surface area (Å²) in [5.74, 6) is -0.377. The molecule has 3 heteroatoms. The van der Waals surface area contributed by atoms with E-state index in [0.29, 0.717) is 10.5 Å². The Kier molecular flexibility index (Phi) is 4.42. The summed E-state index contributed by atoms with van der Waals surface area (Å²) in [4.78, 5) is 12.4. The molecule has 0 N–H and O–H groups in total. The average Bonchev–Trinajstić information content (AvgIpc) is 2.45. The maximum Gasteiger partial charge on any atom is 0.339 e. The van der Waals surface area contributed by atoms with Crippen molar-refractivity contribution in [2.75, 3.05) is 7.11 Å². The molecule has 0 fully saturated rings. The van der Waals surface area contributed by atoms with Gasteiger partial charge >= 0.3 is 5.97 Å². The van der Waals surface area contributed by atoms with E-state index >= 15 is 0 Å². The van der Waals surface area contributed by atoms with Crippen molar-refractivity contribution >= 4 is 30.8 Å². The Hall–Kier alpha value is -2.00. The molecular formula is C16H14O2S. The van der Waals surface area contributed by atoms with Crippen molar-refractivity contribution in [3.8, 4) is 0 Å². The standard InChI is InChI=1S/C16H14O2S/c1-18-16(17)15-13(8-5-9-14(15)19)11-10-12-6-3-2-4-7-12/h2-11,19H,1H3/b11-10+. The summed E-state index contributed by atoms with van der Waals surface area (Å²) in [5.41, 5.74) is 2.35. The zero-order valence-corrected chi connectivity index (χ0v) is 11.4. The molecule has 0 atom stereocenters. The molecule has 2 aromatic rings. The number of esters is 1. The first kappa shape index (κ1) is 13.4. The highest BCUT2D eigenvalue weighted by Gasteiger charge is 2.13. The maximum absolute atomic E-state index is 11.8. The van der Waals surface area contributed by atoms with Crippen LogP contribution >= 0.6 is 12.6 Å². The number of thiol groups is 1. The van der Waals surface area contributed by atoms with Crippen molar-refractivity contribution in [1.82, 2.24) is 0 Å². The van der Waals surface area contributed by atoms with Crippen molar-refractivity contribution < 1.29 is 9.53 Å². The van der Waals surface area contributed by atoms with Gasteiger partial charge in [-0.1, -0.05) is 54.6 Å². The van der Waals surface area contributed by atoms with E-state index in [9.17, 15) is 4.79 Å². The fraction of sp³-hybridized carbons (Fsp3) is 0.0625. The van der Waals surface area contributed by atoms with E-state index in [1.807, 2.05) is 54.6 Å². The fourth-order valence-corrected chi connectivity index (χ4v) is 2.08. The molecule has 0 aliphatic heterocycles. The smallest absolute Gasteiger partial charge is 0.339 e. The molecule has 0 radical (unpaired) electrons. The molecule has 0 unspecified atom stereocenters. The minimum atomic E-state index is -0.377. The van der Waals surface area contributed by atoms with Gasteiger partial charge in [0.15, 0.2) is 0 Å². The number of benzene rings is 2. The molecule has 0 saturated heterocycles. The average molecular weight is 270 g/mol. The van der Waals surface area contributed by atoms with Crippen molar-refractivity contribution in [3.05, 3.63) is 65.2 Å². The second kappa shape index (κ2) is 6.25. The van der Waals surface area contributed by atoms with Gasteiger partial charge in [-0.25, -0.2) is 4.79 Å². The van der Waals surface area contributed by atoms with E-state index in [4.69, 9.17) is 4.74 Å². The third-order valence-electron chi connectivity index (χ3n) is 2.72. The Morgan fingerprint density at radius 3 is 2.47 bits per heavy atom. The van der Waals surface area contributed by atoms with Crippen LogP contribution in [-0.2, 0) is 4.74 Å². The summed E-state index contributed by atoms with van der Waals surface area (Å²) in [7, 11) is 1.37. The molecule has 2 rings (SSSR count). The largest absolute Gasteiger partial charge is 0.465 e. The van der Waals surface area contributed by atoms with Crippen LogP contribution in [0.1, 0.15) is 21.5 Å². The maximum atomic E-state index is 11.8. The van der Waals surface area contributed by atoms with Gasteiger partial charge in [-0.05, 0) is 17.2 Å². The Balaban J connectivity index is 2.38. The van der Waals surface area contributed by atoms with Crippen molar-refractivity contribution in [2.24, 2.45) is 0 Å². The quantitative estimate of drug-likeness (QED) is 0.519. The number of hydrogen-bond donors (Lipinski definition) is 1. The van der Waals surface area contributed by atoms with Gasteiger partial charge in [-0.15, -0.1) is 12.6 Å².